The topological polar surface area (TPSA) is 48.0 Å². The zero-order valence-corrected chi connectivity index (χ0v) is 19.2. The predicted molar refractivity (Wildman–Crippen MR) is 107 cm³/mol. The predicted octanol–water partition coefficient (Wildman–Crippen LogP) is 4.77. The first kappa shape index (κ1) is 23.0. The van der Waals surface area contributed by atoms with E-state index in [1.54, 1.807) is 4.90 Å². The molecule has 0 spiro atoms. The fourth-order valence-corrected chi connectivity index (χ4v) is 3.75. The fourth-order valence-electron chi connectivity index (χ4n) is 2.73. The molecule has 0 N–H and O–H groups in total. The fraction of sp³-hybridized carbons (Fsp3) is 0.850. The second kappa shape index (κ2) is 7.53. The summed E-state index contributed by atoms with van der Waals surface area (Å²) in [5.41, 5.74) is -1.38. The molecule has 150 valence electrons. The minimum absolute atomic E-state index is 0.105. The monoisotopic (exact) mass is 383 g/mol. The molecule has 5 nitrogen and oxygen atoms in total. The summed E-state index contributed by atoms with van der Waals surface area (Å²) < 4.78 is 18.1. The van der Waals surface area contributed by atoms with Crippen molar-refractivity contribution >= 4 is 14.4 Å². The number of amides is 1. The molecule has 1 heterocycles. The summed E-state index contributed by atoms with van der Waals surface area (Å²) in [5.74, 6) is 2.68. The zero-order valence-electron chi connectivity index (χ0n) is 18.2. The Morgan fingerprint density at radius 2 is 1.77 bits per heavy atom. The van der Waals surface area contributed by atoms with Crippen molar-refractivity contribution in [1.82, 2.24) is 4.90 Å². The van der Waals surface area contributed by atoms with Gasteiger partial charge in [0.2, 0.25) is 0 Å². The van der Waals surface area contributed by atoms with Gasteiger partial charge in [-0.1, -0.05) is 20.8 Å². The van der Waals surface area contributed by atoms with E-state index in [-0.39, 0.29) is 17.2 Å². The van der Waals surface area contributed by atoms with E-state index in [0.29, 0.717) is 13.0 Å². The maximum absolute atomic E-state index is 12.8. The van der Waals surface area contributed by atoms with Crippen molar-refractivity contribution in [3.05, 3.63) is 0 Å². The van der Waals surface area contributed by atoms with E-state index in [1.807, 2.05) is 34.6 Å². The van der Waals surface area contributed by atoms with Crippen molar-refractivity contribution in [2.45, 2.75) is 103 Å². The Labute approximate surface area is 160 Å². The maximum atomic E-state index is 12.8. The van der Waals surface area contributed by atoms with Crippen molar-refractivity contribution in [3.8, 4) is 12.3 Å². The van der Waals surface area contributed by atoms with Crippen LogP contribution in [0.3, 0.4) is 0 Å². The molecule has 0 bridgehead atoms. The van der Waals surface area contributed by atoms with Gasteiger partial charge in [0, 0.05) is 6.42 Å². The van der Waals surface area contributed by atoms with Gasteiger partial charge in [-0.05, 0) is 52.8 Å². The Bertz CT molecular complexity index is 552. The lowest BCUT2D eigenvalue weighted by Gasteiger charge is -2.37. The van der Waals surface area contributed by atoms with Crippen molar-refractivity contribution in [1.29, 1.82) is 0 Å². The van der Waals surface area contributed by atoms with Crippen molar-refractivity contribution in [2.24, 2.45) is 0 Å². The van der Waals surface area contributed by atoms with Crippen LogP contribution in [0.4, 0.5) is 4.79 Å². The Kier molecular flexibility index (Phi) is 6.67. The van der Waals surface area contributed by atoms with E-state index >= 15 is 0 Å². The van der Waals surface area contributed by atoms with E-state index in [1.165, 1.54) is 0 Å². The normalized spacial score (nSPS) is 23.7. The number of hydrogen-bond donors (Lipinski definition) is 0. The molecular formula is C20H37NO4Si. The van der Waals surface area contributed by atoms with Gasteiger partial charge in [0.25, 0.3) is 0 Å². The van der Waals surface area contributed by atoms with Gasteiger partial charge in [0.1, 0.15) is 17.4 Å². The second-order valence-electron chi connectivity index (χ2n) is 10.0. The summed E-state index contributed by atoms with van der Waals surface area (Å²) in [6.07, 6.45) is 5.30. The summed E-state index contributed by atoms with van der Waals surface area (Å²) in [5, 5.41) is 0.105. The molecule has 1 aliphatic rings. The van der Waals surface area contributed by atoms with E-state index < -0.39 is 25.7 Å². The first-order valence-corrected chi connectivity index (χ1v) is 12.2. The minimum atomic E-state index is -1.93. The summed E-state index contributed by atoms with van der Waals surface area (Å²) in [6.45, 7) is 20.7. The van der Waals surface area contributed by atoms with Crippen molar-refractivity contribution < 1.29 is 18.7 Å². The summed E-state index contributed by atoms with van der Waals surface area (Å²) in [7, 11) is -1.93. The van der Waals surface area contributed by atoms with Gasteiger partial charge in [-0.25, -0.2) is 4.79 Å². The van der Waals surface area contributed by atoms with Gasteiger partial charge in [-0.15, -0.1) is 12.3 Å². The molecule has 1 aliphatic heterocycles. The third-order valence-corrected chi connectivity index (χ3v) is 9.61. The highest BCUT2D eigenvalue weighted by atomic mass is 28.4. The molecule has 1 fully saturated rings. The van der Waals surface area contributed by atoms with Crippen LogP contribution >= 0.6 is 0 Å². The van der Waals surface area contributed by atoms with Gasteiger partial charge in [-0.2, -0.15) is 0 Å². The molecule has 0 aromatic rings. The van der Waals surface area contributed by atoms with Crippen LogP contribution < -0.4 is 0 Å². The lowest BCUT2D eigenvalue weighted by molar-refractivity contribution is -0.0855. The van der Waals surface area contributed by atoms with Crippen LogP contribution in [0.1, 0.15) is 61.8 Å². The van der Waals surface area contributed by atoms with Crippen molar-refractivity contribution in [3.63, 3.8) is 0 Å². The average molecular weight is 384 g/mol. The maximum Gasteiger partial charge on any atom is 0.412 e. The largest absolute Gasteiger partial charge is 0.444 e. The Morgan fingerprint density at radius 1 is 1.23 bits per heavy atom. The lowest BCUT2D eigenvalue weighted by Crippen LogP contribution is -2.50. The Balaban J connectivity index is 3.02. The van der Waals surface area contributed by atoms with Crippen LogP contribution in [0.15, 0.2) is 0 Å². The van der Waals surface area contributed by atoms with E-state index in [4.69, 9.17) is 20.3 Å². The zero-order chi connectivity index (χ0) is 20.6. The number of ether oxygens (including phenoxy) is 2. The van der Waals surface area contributed by atoms with Crippen molar-refractivity contribution in [2.75, 3.05) is 6.61 Å². The second-order valence-corrected chi connectivity index (χ2v) is 14.8. The third kappa shape index (κ3) is 5.48. The number of carbonyl (C=O) groups is 1. The van der Waals surface area contributed by atoms with Crippen LogP contribution in [-0.4, -0.2) is 49.4 Å². The highest BCUT2D eigenvalue weighted by Gasteiger charge is 2.51. The standard InChI is InChI=1S/C20H37NO4Si/c1-12-13-15-16(14-23-26(10,11)19(5,6)7)24-20(8,9)21(15)17(22)25-18(2,3)4/h1,15-16H,13-14H2,2-11H3. The Morgan fingerprint density at radius 3 is 2.19 bits per heavy atom. The Hall–Kier alpha value is -1.03. The molecule has 1 rings (SSSR count). The number of nitrogens with zero attached hydrogens (tertiary/aromatic N) is 1. The van der Waals surface area contributed by atoms with E-state index in [0.717, 1.165) is 0 Å². The quantitative estimate of drug-likeness (QED) is 0.518. The van der Waals surface area contributed by atoms with E-state index in [9.17, 15) is 4.79 Å². The summed E-state index contributed by atoms with van der Waals surface area (Å²) in [4.78, 5) is 14.4. The molecule has 2 unspecified atom stereocenters. The first-order chi connectivity index (χ1) is 11.5. The molecule has 1 saturated heterocycles. The molecule has 0 aromatic heterocycles. The van der Waals surface area contributed by atoms with Crippen LogP contribution in [0.5, 0.6) is 0 Å². The first-order valence-electron chi connectivity index (χ1n) is 9.29. The van der Waals surface area contributed by atoms with E-state index in [2.05, 4.69) is 39.8 Å². The van der Waals surface area contributed by atoms with Crippen LogP contribution in [-0.2, 0) is 13.9 Å². The molecule has 0 saturated carbocycles. The lowest BCUT2D eigenvalue weighted by atomic mass is 10.1. The summed E-state index contributed by atoms with van der Waals surface area (Å²) >= 11 is 0. The average Bonchev–Trinajstić information content (AvgIpc) is 2.64. The molecule has 26 heavy (non-hydrogen) atoms. The molecule has 6 heteroatoms. The molecule has 0 radical (unpaired) electrons. The smallest absolute Gasteiger partial charge is 0.412 e. The molecule has 2 atom stereocenters. The van der Waals surface area contributed by atoms with Crippen LogP contribution in [0.25, 0.3) is 0 Å². The SMILES string of the molecule is C#CCC1C(CO[Si](C)(C)C(C)(C)C)OC(C)(C)N1C(=O)OC(C)(C)C. The van der Waals surface area contributed by atoms with Gasteiger partial charge in [-0.3, -0.25) is 4.90 Å². The number of hydrogen-bond acceptors (Lipinski definition) is 4. The highest BCUT2D eigenvalue weighted by Crippen LogP contribution is 2.39. The molecule has 0 aliphatic carbocycles. The highest BCUT2D eigenvalue weighted by molar-refractivity contribution is 6.74. The third-order valence-electron chi connectivity index (χ3n) is 5.11. The number of rotatable bonds is 4. The van der Waals surface area contributed by atoms with Gasteiger partial charge in [0.15, 0.2) is 8.32 Å². The van der Waals surface area contributed by atoms with Crippen LogP contribution in [0.2, 0.25) is 18.1 Å². The molecule has 0 aromatic carbocycles. The van der Waals surface area contributed by atoms with Gasteiger partial charge < -0.3 is 13.9 Å². The van der Waals surface area contributed by atoms with Gasteiger partial charge in [0.05, 0.1) is 12.6 Å². The van der Waals surface area contributed by atoms with Crippen LogP contribution in [0, 0.1) is 12.3 Å². The van der Waals surface area contributed by atoms with Gasteiger partial charge >= 0.3 is 6.09 Å². The minimum Gasteiger partial charge on any atom is -0.444 e. The number of carbonyl (C=O) groups excluding carboxylic acids is 1. The molecule has 1 amide bonds. The molecular weight excluding hydrogens is 346 g/mol. The summed E-state index contributed by atoms with van der Waals surface area (Å²) in [6, 6.07) is -0.269. The number of terminal acetylenes is 1.